The van der Waals surface area contributed by atoms with Crippen LogP contribution in [0.4, 0.5) is 5.69 Å². The summed E-state index contributed by atoms with van der Waals surface area (Å²) in [6.45, 7) is 0.351. The van der Waals surface area contributed by atoms with Crippen LogP contribution in [0, 0.1) is 0 Å². The summed E-state index contributed by atoms with van der Waals surface area (Å²) in [5.41, 5.74) is 2.58. The molecule has 0 bridgehead atoms. The van der Waals surface area contributed by atoms with Crippen LogP contribution in [0.2, 0.25) is 0 Å². The largest absolute Gasteiger partial charge is 0.493 e. The molecule has 0 aliphatic rings. The molecule has 26 heavy (non-hydrogen) atoms. The molecule has 4 rings (SSSR count). The van der Waals surface area contributed by atoms with E-state index in [1.807, 2.05) is 30.3 Å². The van der Waals surface area contributed by atoms with Gasteiger partial charge >= 0.3 is 0 Å². The van der Waals surface area contributed by atoms with Crippen LogP contribution in [0.25, 0.3) is 21.9 Å². The zero-order chi connectivity index (χ0) is 18.1. The number of hydrogen-bond acceptors (Lipinski definition) is 5. The Morgan fingerprint density at radius 2 is 2.12 bits per heavy atom. The van der Waals surface area contributed by atoms with Crippen LogP contribution in [0.3, 0.4) is 0 Å². The first kappa shape index (κ1) is 16.4. The number of nitrogens with zero attached hydrogens (tertiary/aromatic N) is 5. The summed E-state index contributed by atoms with van der Waals surface area (Å²) in [5.74, 6) is -0.537. The van der Waals surface area contributed by atoms with Crippen molar-refractivity contribution in [1.29, 1.82) is 0 Å². The third kappa shape index (κ3) is 3.08. The van der Waals surface area contributed by atoms with E-state index in [0.29, 0.717) is 17.4 Å². The summed E-state index contributed by atoms with van der Waals surface area (Å²) >= 11 is 3.37. The van der Waals surface area contributed by atoms with Crippen LogP contribution in [-0.4, -0.2) is 31.0 Å². The number of hydrogen-bond donors (Lipinski definition) is 2. The van der Waals surface area contributed by atoms with Gasteiger partial charge in [-0.25, -0.2) is 4.68 Å². The van der Waals surface area contributed by atoms with Gasteiger partial charge in [-0.1, -0.05) is 33.3 Å². The highest BCUT2D eigenvalue weighted by Crippen LogP contribution is 2.36. The standard InChI is InChI=1S/C17H13BrN6O2/c18-10-5-6-12-11(9-10)16(17(26)19-12)22-21-15(25)7-8-24-14-4-2-1-3-13(14)20-23-24/h1-6,9,19,26H,7-8H2. The second-order valence-electron chi connectivity index (χ2n) is 5.66. The molecule has 2 aromatic heterocycles. The van der Waals surface area contributed by atoms with Crippen molar-refractivity contribution in [3.63, 3.8) is 0 Å². The summed E-state index contributed by atoms with van der Waals surface area (Å²) in [5, 5.41) is 26.4. The average molecular weight is 413 g/mol. The van der Waals surface area contributed by atoms with Gasteiger partial charge in [0.15, 0.2) is 5.69 Å². The Kier molecular flexibility index (Phi) is 4.21. The van der Waals surface area contributed by atoms with Gasteiger partial charge in [0.1, 0.15) is 5.52 Å². The number of fused-ring (bicyclic) bond motifs is 2. The van der Waals surface area contributed by atoms with Crippen molar-refractivity contribution in [2.24, 2.45) is 10.2 Å². The lowest BCUT2D eigenvalue weighted by Gasteiger charge is -1.99. The van der Waals surface area contributed by atoms with Crippen molar-refractivity contribution in [3.05, 3.63) is 46.9 Å². The Labute approximate surface area is 155 Å². The van der Waals surface area contributed by atoms with Gasteiger partial charge in [-0.2, -0.15) is 0 Å². The number of benzene rings is 2. The minimum absolute atomic E-state index is 0.128. The lowest BCUT2D eigenvalue weighted by molar-refractivity contribution is -0.118. The van der Waals surface area contributed by atoms with E-state index in [9.17, 15) is 9.90 Å². The number of azo groups is 1. The maximum Gasteiger partial charge on any atom is 0.266 e. The maximum absolute atomic E-state index is 12.1. The molecule has 8 nitrogen and oxygen atoms in total. The molecule has 0 atom stereocenters. The van der Waals surface area contributed by atoms with E-state index in [1.165, 1.54) is 0 Å². The maximum atomic E-state index is 12.1. The number of rotatable bonds is 4. The van der Waals surface area contributed by atoms with Crippen molar-refractivity contribution in [2.45, 2.75) is 13.0 Å². The number of carbonyl (C=O) groups is 1. The number of carbonyl (C=O) groups excluding carboxylic acids is 1. The fraction of sp³-hybridized carbons (Fsp3) is 0.118. The van der Waals surface area contributed by atoms with Crippen LogP contribution in [0.5, 0.6) is 5.88 Å². The second kappa shape index (κ2) is 6.68. The quantitative estimate of drug-likeness (QED) is 0.492. The smallest absolute Gasteiger partial charge is 0.266 e. The van der Waals surface area contributed by atoms with Crippen molar-refractivity contribution in [2.75, 3.05) is 0 Å². The molecule has 0 saturated heterocycles. The number of nitrogens with one attached hydrogen (secondary N) is 1. The van der Waals surface area contributed by atoms with E-state index in [4.69, 9.17) is 0 Å². The zero-order valence-corrected chi connectivity index (χ0v) is 15.0. The Morgan fingerprint density at radius 3 is 3.00 bits per heavy atom. The van der Waals surface area contributed by atoms with E-state index in [1.54, 1.807) is 16.8 Å². The molecule has 130 valence electrons. The second-order valence-corrected chi connectivity index (χ2v) is 6.57. The minimum Gasteiger partial charge on any atom is -0.493 e. The number of aryl methyl sites for hydroxylation is 1. The Balaban J connectivity index is 1.50. The van der Waals surface area contributed by atoms with Crippen LogP contribution < -0.4 is 0 Å². The van der Waals surface area contributed by atoms with E-state index in [0.717, 1.165) is 15.5 Å². The van der Waals surface area contributed by atoms with E-state index >= 15 is 0 Å². The number of halogens is 1. The molecule has 0 spiro atoms. The molecular weight excluding hydrogens is 400 g/mol. The topological polar surface area (TPSA) is 109 Å². The SMILES string of the molecule is O=C(CCn1nnc2ccccc21)N=Nc1c(O)[nH]c2ccc(Br)cc12. The highest BCUT2D eigenvalue weighted by molar-refractivity contribution is 9.10. The first-order chi connectivity index (χ1) is 12.6. The average Bonchev–Trinajstić information content (AvgIpc) is 3.18. The minimum atomic E-state index is -0.409. The lowest BCUT2D eigenvalue weighted by Crippen LogP contribution is -2.04. The molecule has 0 radical (unpaired) electrons. The first-order valence-electron chi connectivity index (χ1n) is 7.85. The number of aromatic nitrogens is 4. The Bertz CT molecular complexity index is 1150. The van der Waals surface area contributed by atoms with Crippen LogP contribution in [0.15, 0.2) is 57.2 Å². The molecule has 4 aromatic rings. The van der Waals surface area contributed by atoms with E-state index < -0.39 is 5.91 Å². The molecule has 0 unspecified atom stereocenters. The molecule has 9 heteroatoms. The lowest BCUT2D eigenvalue weighted by atomic mass is 10.2. The molecule has 2 N–H and O–H groups in total. The summed E-state index contributed by atoms with van der Waals surface area (Å²) in [6.07, 6.45) is 0.129. The third-order valence-electron chi connectivity index (χ3n) is 3.93. The number of para-hydroxylation sites is 1. The number of amides is 1. The normalized spacial score (nSPS) is 11.7. The molecule has 1 amide bonds. The molecule has 0 aliphatic heterocycles. The van der Waals surface area contributed by atoms with Gasteiger partial charge in [0.2, 0.25) is 5.88 Å². The highest BCUT2D eigenvalue weighted by Gasteiger charge is 2.12. The van der Waals surface area contributed by atoms with Gasteiger partial charge in [0, 0.05) is 9.86 Å². The number of aromatic amines is 1. The van der Waals surface area contributed by atoms with Crippen molar-refractivity contribution < 1.29 is 9.90 Å². The molecule has 2 aromatic carbocycles. The van der Waals surface area contributed by atoms with Gasteiger partial charge in [-0.05, 0) is 30.3 Å². The van der Waals surface area contributed by atoms with E-state index in [2.05, 4.69) is 41.5 Å². The Morgan fingerprint density at radius 1 is 1.27 bits per heavy atom. The van der Waals surface area contributed by atoms with Gasteiger partial charge in [-0.3, -0.25) is 4.79 Å². The van der Waals surface area contributed by atoms with Crippen molar-refractivity contribution in [3.8, 4) is 5.88 Å². The third-order valence-corrected chi connectivity index (χ3v) is 4.43. The zero-order valence-electron chi connectivity index (χ0n) is 13.4. The highest BCUT2D eigenvalue weighted by atomic mass is 79.9. The van der Waals surface area contributed by atoms with Crippen LogP contribution in [0.1, 0.15) is 6.42 Å². The molecule has 0 fully saturated rings. The summed E-state index contributed by atoms with van der Waals surface area (Å²) < 4.78 is 2.49. The summed E-state index contributed by atoms with van der Waals surface area (Å²) in [4.78, 5) is 14.9. The van der Waals surface area contributed by atoms with Gasteiger partial charge in [-0.15, -0.1) is 15.3 Å². The van der Waals surface area contributed by atoms with Crippen LogP contribution in [-0.2, 0) is 11.3 Å². The summed E-state index contributed by atoms with van der Waals surface area (Å²) in [7, 11) is 0. The predicted molar refractivity (Wildman–Crippen MR) is 99.3 cm³/mol. The molecule has 0 aliphatic carbocycles. The molecule has 0 saturated carbocycles. The monoisotopic (exact) mass is 412 g/mol. The number of aromatic hydroxyl groups is 1. The first-order valence-corrected chi connectivity index (χ1v) is 8.64. The van der Waals surface area contributed by atoms with Crippen molar-refractivity contribution in [1.82, 2.24) is 20.0 Å². The molecule has 2 heterocycles. The van der Waals surface area contributed by atoms with Gasteiger partial charge in [0.25, 0.3) is 5.91 Å². The van der Waals surface area contributed by atoms with Crippen molar-refractivity contribution >= 4 is 49.5 Å². The number of H-pyrrole nitrogens is 1. The Hall–Kier alpha value is -3.07. The molecular formula is C17H13BrN6O2. The fourth-order valence-corrected chi connectivity index (χ4v) is 3.04. The van der Waals surface area contributed by atoms with E-state index in [-0.39, 0.29) is 18.0 Å². The summed E-state index contributed by atoms with van der Waals surface area (Å²) in [6, 6.07) is 13.0. The van der Waals surface area contributed by atoms with Gasteiger partial charge < -0.3 is 10.1 Å². The predicted octanol–water partition coefficient (Wildman–Crippen LogP) is 4.08. The van der Waals surface area contributed by atoms with Gasteiger partial charge in [0.05, 0.1) is 24.0 Å². The fourth-order valence-electron chi connectivity index (χ4n) is 2.68. The van der Waals surface area contributed by atoms with Crippen LogP contribution >= 0.6 is 15.9 Å².